The van der Waals surface area contributed by atoms with Gasteiger partial charge in [-0.3, -0.25) is 10.1 Å². The number of hydrogen-bond acceptors (Lipinski definition) is 4. The number of amides is 1. The van der Waals surface area contributed by atoms with Crippen LogP contribution in [0.1, 0.15) is 11.1 Å². The molecule has 0 spiro atoms. The molecule has 0 bridgehead atoms. The van der Waals surface area contributed by atoms with E-state index in [9.17, 15) is 13.6 Å². The predicted octanol–water partition coefficient (Wildman–Crippen LogP) is 4.72. The maximum atomic E-state index is 13.5. The third kappa shape index (κ3) is 4.23. The Labute approximate surface area is 153 Å². The topological polar surface area (TPSA) is 51.2 Å². The zero-order valence-corrected chi connectivity index (χ0v) is 15.0. The second-order valence-corrected chi connectivity index (χ2v) is 6.63. The summed E-state index contributed by atoms with van der Waals surface area (Å²) in [6.07, 6.45) is 0. The van der Waals surface area contributed by atoms with Crippen LogP contribution in [-0.4, -0.2) is 17.5 Å². The lowest BCUT2D eigenvalue weighted by molar-refractivity contribution is -0.118. The molecule has 0 fully saturated rings. The number of anilines is 1. The Kier molecular flexibility index (Phi) is 5.27. The Morgan fingerprint density at radius 3 is 2.73 bits per heavy atom. The van der Waals surface area contributed by atoms with Gasteiger partial charge in [0, 0.05) is 17.0 Å². The highest BCUT2D eigenvalue weighted by atomic mass is 32.1. The van der Waals surface area contributed by atoms with Crippen molar-refractivity contribution in [1.29, 1.82) is 0 Å². The van der Waals surface area contributed by atoms with Gasteiger partial charge in [-0.1, -0.05) is 23.8 Å². The van der Waals surface area contributed by atoms with Crippen molar-refractivity contribution < 1.29 is 18.3 Å². The summed E-state index contributed by atoms with van der Waals surface area (Å²) in [7, 11) is 0. The second kappa shape index (κ2) is 7.61. The molecule has 1 amide bonds. The van der Waals surface area contributed by atoms with Crippen LogP contribution in [-0.2, 0) is 4.79 Å². The molecule has 26 heavy (non-hydrogen) atoms. The molecule has 0 aliphatic rings. The number of thiazole rings is 1. The fraction of sp³-hybridized carbons (Fsp3) is 0.158. The Morgan fingerprint density at radius 2 is 2.00 bits per heavy atom. The van der Waals surface area contributed by atoms with E-state index < -0.39 is 24.1 Å². The van der Waals surface area contributed by atoms with Crippen LogP contribution >= 0.6 is 11.3 Å². The predicted molar refractivity (Wildman–Crippen MR) is 97.5 cm³/mol. The van der Waals surface area contributed by atoms with Gasteiger partial charge in [-0.25, -0.2) is 13.8 Å². The van der Waals surface area contributed by atoms with Crippen molar-refractivity contribution in [1.82, 2.24) is 4.98 Å². The number of nitrogens with zero attached hydrogens (tertiary/aromatic N) is 1. The molecule has 3 aromatic rings. The number of carbonyl (C=O) groups is 1. The molecular formula is C19H16F2N2O2S. The van der Waals surface area contributed by atoms with Crippen LogP contribution in [0.4, 0.5) is 13.9 Å². The maximum Gasteiger partial charge on any atom is 0.264 e. The first kappa shape index (κ1) is 18.0. The molecule has 1 N–H and O–H groups in total. The maximum absolute atomic E-state index is 13.5. The van der Waals surface area contributed by atoms with Crippen molar-refractivity contribution in [3.05, 3.63) is 64.5 Å². The molecule has 4 nitrogen and oxygen atoms in total. The number of aromatic nitrogens is 1. The van der Waals surface area contributed by atoms with E-state index >= 15 is 0 Å². The minimum absolute atomic E-state index is 0.184. The summed E-state index contributed by atoms with van der Waals surface area (Å²) in [5, 5.41) is 4.89. The van der Waals surface area contributed by atoms with Gasteiger partial charge in [-0.2, -0.15) is 0 Å². The summed E-state index contributed by atoms with van der Waals surface area (Å²) >= 11 is 1.29. The van der Waals surface area contributed by atoms with Gasteiger partial charge < -0.3 is 4.74 Å². The van der Waals surface area contributed by atoms with Crippen molar-refractivity contribution in [3.8, 4) is 17.0 Å². The van der Waals surface area contributed by atoms with Crippen LogP contribution in [0.15, 0.2) is 41.8 Å². The van der Waals surface area contributed by atoms with Crippen molar-refractivity contribution in [3.63, 3.8) is 0 Å². The molecular weight excluding hydrogens is 358 g/mol. The smallest absolute Gasteiger partial charge is 0.264 e. The number of nitrogens with one attached hydrogen (secondary N) is 1. The monoisotopic (exact) mass is 374 g/mol. The number of aryl methyl sites for hydroxylation is 2. The number of benzene rings is 2. The van der Waals surface area contributed by atoms with Crippen molar-refractivity contribution >= 4 is 22.4 Å². The number of rotatable bonds is 5. The van der Waals surface area contributed by atoms with Crippen LogP contribution in [0.3, 0.4) is 0 Å². The molecule has 3 rings (SSSR count). The van der Waals surface area contributed by atoms with Crippen LogP contribution in [0.25, 0.3) is 11.3 Å². The number of carbonyl (C=O) groups excluding carboxylic acids is 1. The summed E-state index contributed by atoms with van der Waals surface area (Å²) in [6, 6.07) is 8.96. The van der Waals surface area contributed by atoms with E-state index in [2.05, 4.69) is 16.4 Å². The highest BCUT2D eigenvalue weighted by molar-refractivity contribution is 7.14. The summed E-state index contributed by atoms with van der Waals surface area (Å²) in [6.45, 7) is 3.62. The summed E-state index contributed by atoms with van der Waals surface area (Å²) in [5.41, 5.74) is 4.04. The van der Waals surface area contributed by atoms with E-state index in [4.69, 9.17) is 4.74 Å². The number of halogens is 2. The molecule has 134 valence electrons. The van der Waals surface area contributed by atoms with E-state index in [0.29, 0.717) is 11.2 Å². The normalized spacial score (nSPS) is 10.6. The third-order valence-electron chi connectivity index (χ3n) is 3.66. The molecule has 0 radical (unpaired) electrons. The molecule has 0 aliphatic carbocycles. The van der Waals surface area contributed by atoms with E-state index in [0.717, 1.165) is 29.0 Å². The third-order valence-corrected chi connectivity index (χ3v) is 4.42. The van der Waals surface area contributed by atoms with Gasteiger partial charge in [-0.05, 0) is 31.5 Å². The Hall–Kier alpha value is -2.80. The fourth-order valence-corrected chi connectivity index (χ4v) is 3.17. The average molecular weight is 374 g/mol. The largest absolute Gasteiger partial charge is 0.481 e. The molecule has 0 saturated heterocycles. The van der Waals surface area contributed by atoms with Crippen molar-refractivity contribution in [2.24, 2.45) is 0 Å². The van der Waals surface area contributed by atoms with Crippen LogP contribution in [0, 0.1) is 25.5 Å². The first-order valence-electron chi connectivity index (χ1n) is 7.83. The van der Waals surface area contributed by atoms with Gasteiger partial charge in [0.2, 0.25) is 0 Å². The molecule has 1 heterocycles. The van der Waals surface area contributed by atoms with Gasteiger partial charge >= 0.3 is 0 Å². The van der Waals surface area contributed by atoms with E-state index in [1.54, 1.807) is 0 Å². The second-order valence-electron chi connectivity index (χ2n) is 5.77. The summed E-state index contributed by atoms with van der Waals surface area (Å²) in [5.74, 6) is -2.22. The molecule has 0 aliphatic heterocycles. The SMILES string of the molecule is Cc1ccc(-c2csc(NC(=O)COc3ccc(F)cc3F)n2)c(C)c1. The van der Waals surface area contributed by atoms with E-state index in [-0.39, 0.29) is 5.75 Å². The number of ether oxygens (including phenoxy) is 1. The van der Waals surface area contributed by atoms with Crippen molar-refractivity contribution in [2.75, 3.05) is 11.9 Å². The van der Waals surface area contributed by atoms with Gasteiger partial charge in [0.15, 0.2) is 23.3 Å². The highest BCUT2D eigenvalue weighted by Gasteiger charge is 2.12. The average Bonchev–Trinajstić information content (AvgIpc) is 3.02. The first-order valence-corrected chi connectivity index (χ1v) is 8.71. The van der Waals surface area contributed by atoms with Crippen LogP contribution < -0.4 is 10.1 Å². The van der Waals surface area contributed by atoms with Gasteiger partial charge in [0.1, 0.15) is 5.82 Å². The quantitative estimate of drug-likeness (QED) is 0.703. The van der Waals surface area contributed by atoms with Gasteiger partial charge in [0.05, 0.1) is 5.69 Å². The summed E-state index contributed by atoms with van der Waals surface area (Å²) < 4.78 is 31.4. The lowest BCUT2D eigenvalue weighted by Crippen LogP contribution is -2.20. The highest BCUT2D eigenvalue weighted by Crippen LogP contribution is 2.28. The van der Waals surface area contributed by atoms with Crippen LogP contribution in [0.2, 0.25) is 0 Å². The Bertz CT molecular complexity index is 956. The van der Waals surface area contributed by atoms with Gasteiger partial charge in [-0.15, -0.1) is 11.3 Å². The standard InChI is InChI=1S/C19H16F2N2O2S/c1-11-3-5-14(12(2)7-11)16-10-26-19(22-16)23-18(24)9-25-17-6-4-13(20)8-15(17)21/h3-8,10H,9H2,1-2H3,(H,22,23,24). The van der Waals surface area contributed by atoms with Crippen molar-refractivity contribution in [2.45, 2.75) is 13.8 Å². The molecule has 0 atom stereocenters. The minimum Gasteiger partial charge on any atom is -0.481 e. The fourth-order valence-electron chi connectivity index (χ4n) is 2.45. The Morgan fingerprint density at radius 1 is 1.19 bits per heavy atom. The minimum atomic E-state index is -0.857. The zero-order chi connectivity index (χ0) is 18.7. The molecule has 0 unspecified atom stereocenters. The Balaban J connectivity index is 1.62. The van der Waals surface area contributed by atoms with E-state index in [1.807, 2.05) is 31.4 Å². The zero-order valence-electron chi connectivity index (χ0n) is 14.2. The van der Waals surface area contributed by atoms with Crippen LogP contribution in [0.5, 0.6) is 5.75 Å². The van der Waals surface area contributed by atoms with Gasteiger partial charge in [0.25, 0.3) is 5.91 Å². The summed E-state index contributed by atoms with van der Waals surface area (Å²) in [4.78, 5) is 16.4. The first-order chi connectivity index (χ1) is 12.4. The molecule has 0 saturated carbocycles. The molecule has 7 heteroatoms. The molecule has 1 aromatic heterocycles. The lowest BCUT2D eigenvalue weighted by Gasteiger charge is -2.07. The number of hydrogen-bond donors (Lipinski definition) is 1. The lowest BCUT2D eigenvalue weighted by atomic mass is 10.0. The molecule has 2 aromatic carbocycles. The van der Waals surface area contributed by atoms with E-state index in [1.165, 1.54) is 16.9 Å².